The van der Waals surface area contributed by atoms with Crippen molar-refractivity contribution in [3.05, 3.63) is 102 Å². The second-order valence-electron chi connectivity index (χ2n) is 7.02. The molecule has 0 spiro atoms. The van der Waals surface area contributed by atoms with Crippen molar-refractivity contribution in [3.8, 4) is 16.9 Å². The van der Waals surface area contributed by atoms with Crippen molar-refractivity contribution in [2.24, 2.45) is 0 Å². The molecule has 0 saturated heterocycles. The molecular formula is C26H25ClN2O3. The van der Waals surface area contributed by atoms with Gasteiger partial charge in [-0.25, -0.2) is 4.68 Å². The van der Waals surface area contributed by atoms with Crippen LogP contribution in [0.15, 0.2) is 91.2 Å². The van der Waals surface area contributed by atoms with Gasteiger partial charge in [-0.05, 0) is 43.7 Å². The molecule has 164 valence electrons. The summed E-state index contributed by atoms with van der Waals surface area (Å²) in [5, 5.41) is 14.3. The smallest absolute Gasteiger partial charge is 0.303 e. The number of para-hydroxylation sites is 1. The Bertz CT molecular complexity index is 1150. The summed E-state index contributed by atoms with van der Waals surface area (Å²) in [5.74, 6) is -0.311. The van der Waals surface area contributed by atoms with E-state index in [1.807, 2.05) is 84.4 Å². The van der Waals surface area contributed by atoms with Crippen LogP contribution in [0.1, 0.15) is 25.5 Å². The van der Waals surface area contributed by atoms with Crippen molar-refractivity contribution in [2.75, 3.05) is 6.61 Å². The number of rotatable bonds is 10. The van der Waals surface area contributed by atoms with Crippen LogP contribution in [0.25, 0.3) is 22.5 Å². The molecule has 3 aromatic rings. The summed E-state index contributed by atoms with van der Waals surface area (Å²) in [6.07, 6.45) is 5.98. The third kappa shape index (κ3) is 5.77. The van der Waals surface area contributed by atoms with E-state index in [4.69, 9.17) is 26.5 Å². The van der Waals surface area contributed by atoms with Crippen molar-refractivity contribution in [1.29, 1.82) is 0 Å². The quantitative estimate of drug-likeness (QED) is 0.217. The molecule has 0 atom stereocenters. The van der Waals surface area contributed by atoms with Gasteiger partial charge in [-0.3, -0.25) is 4.79 Å². The van der Waals surface area contributed by atoms with Crippen molar-refractivity contribution in [3.63, 3.8) is 0 Å². The molecule has 0 unspecified atom stereocenters. The zero-order valence-corrected chi connectivity index (χ0v) is 18.6. The number of ether oxygens (including phenoxy) is 1. The van der Waals surface area contributed by atoms with Crippen molar-refractivity contribution < 1.29 is 14.6 Å². The van der Waals surface area contributed by atoms with Crippen molar-refractivity contribution in [2.45, 2.75) is 19.8 Å². The second-order valence-corrected chi connectivity index (χ2v) is 7.43. The summed E-state index contributed by atoms with van der Waals surface area (Å²) in [4.78, 5) is 10.8. The van der Waals surface area contributed by atoms with Crippen molar-refractivity contribution in [1.82, 2.24) is 9.78 Å². The van der Waals surface area contributed by atoms with Crippen molar-refractivity contribution >= 4 is 23.1 Å². The summed E-state index contributed by atoms with van der Waals surface area (Å²) >= 11 is 6.49. The molecule has 32 heavy (non-hydrogen) atoms. The fourth-order valence-electron chi connectivity index (χ4n) is 3.11. The number of carboxylic acids is 1. The highest BCUT2D eigenvalue weighted by atomic mass is 35.5. The van der Waals surface area contributed by atoms with Crippen LogP contribution in [0.2, 0.25) is 5.02 Å². The highest BCUT2D eigenvalue weighted by Crippen LogP contribution is 2.33. The second kappa shape index (κ2) is 11.2. The number of hydrogen-bond acceptors (Lipinski definition) is 3. The van der Waals surface area contributed by atoms with E-state index in [9.17, 15) is 4.79 Å². The molecule has 3 rings (SSSR count). The van der Waals surface area contributed by atoms with Crippen LogP contribution in [0.5, 0.6) is 0 Å². The van der Waals surface area contributed by atoms with Gasteiger partial charge in [0.25, 0.3) is 0 Å². The van der Waals surface area contributed by atoms with E-state index in [1.54, 1.807) is 6.08 Å². The van der Waals surface area contributed by atoms with Gasteiger partial charge in [0.05, 0.1) is 23.7 Å². The van der Waals surface area contributed by atoms with Crippen LogP contribution in [0, 0.1) is 0 Å². The number of nitrogens with zero attached hydrogens (tertiary/aromatic N) is 2. The zero-order valence-electron chi connectivity index (χ0n) is 17.9. The van der Waals surface area contributed by atoms with Crippen LogP contribution in [0.3, 0.4) is 0 Å². The molecule has 0 bridgehead atoms. The number of carbonyl (C=O) groups is 1. The minimum atomic E-state index is -0.850. The molecule has 0 fully saturated rings. The molecule has 5 nitrogen and oxygen atoms in total. The largest absolute Gasteiger partial charge is 0.493 e. The van der Waals surface area contributed by atoms with E-state index in [0.717, 1.165) is 16.9 Å². The van der Waals surface area contributed by atoms with Gasteiger partial charge in [-0.15, -0.1) is 0 Å². The van der Waals surface area contributed by atoms with Crippen LogP contribution in [0.4, 0.5) is 0 Å². The van der Waals surface area contributed by atoms with Gasteiger partial charge in [-0.2, -0.15) is 5.10 Å². The highest BCUT2D eigenvalue weighted by Gasteiger charge is 2.18. The van der Waals surface area contributed by atoms with E-state index in [2.05, 4.69) is 6.58 Å². The number of carboxylic acid groups (broad SMARTS) is 1. The number of aliphatic carboxylic acids is 1. The van der Waals surface area contributed by atoms with Crippen LogP contribution in [-0.2, 0) is 9.53 Å². The van der Waals surface area contributed by atoms with Crippen LogP contribution < -0.4 is 0 Å². The Morgan fingerprint density at radius 3 is 2.59 bits per heavy atom. The molecule has 0 aliphatic heterocycles. The minimum absolute atomic E-state index is 0.0443. The zero-order chi connectivity index (χ0) is 22.9. The van der Waals surface area contributed by atoms with Gasteiger partial charge in [0, 0.05) is 22.6 Å². The van der Waals surface area contributed by atoms with Crippen LogP contribution >= 0.6 is 11.6 Å². The predicted molar refractivity (Wildman–Crippen MR) is 129 cm³/mol. The molecule has 1 N–H and O–H groups in total. The Morgan fingerprint density at radius 2 is 1.91 bits per heavy atom. The molecule has 1 aromatic heterocycles. The Kier molecular flexibility index (Phi) is 8.06. The lowest BCUT2D eigenvalue weighted by molar-refractivity contribution is -0.137. The molecule has 0 saturated carbocycles. The van der Waals surface area contributed by atoms with E-state index in [0.29, 0.717) is 28.5 Å². The molecule has 6 heteroatoms. The molecule has 2 aromatic carbocycles. The van der Waals surface area contributed by atoms with Gasteiger partial charge < -0.3 is 9.84 Å². The highest BCUT2D eigenvalue weighted by molar-refractivity contribution is 6.33. The number of hydrogen-bond donors (Lipinski definition) is 1. The Hall–Kier alpha value is -3.57. The van der Waals surface area contributed by atoms with Gasteiger partial charge in [-0.1, -0.05) is 66.7 Å². The van der Waals surface area contributed by atoms with Gasteiger partial charge in [0.1, 0.15) is 5.76 Å². The molecule has 0 aliphatic carbocycles. The summed E-state index contributed by atoms with van der Waals surface area (Å²) in [7, 11) is 0. The summed E-state index contributed by atoms with van der Waals surface area (Å²) in [5.41, 5.74) is 3.81. The molecule has 0 radical (unpaired) electrons. The predicted octanol–water partition coefficient (Wildman–Crippen LogP) is 6.55. The van der Waals surface area contributed by atoms with Gasteiger partial charge in [0.2, 0.25) is 0 Å². The average molecular weight is 449 g/mol. The first-order valence-electron chi connectivity index (χ1n) is 10.3. The number of benzene rings is 2. The molecule has 0 amide bonds. The number of allylic oxidation sites excluding steroid dienone is 4. The van der Waals surface area contributed by atoms with Crippen LogP contribution in [-0.4, -0.2) is 27.5 Å². The average Bonchev–Trinajstić information content (AvgIpc) is 3.24. The third-order valence-corrected chi connectivity index (χ3v) is 5.03. The monoisotopic (exact) mass is 448 g/mol. The minimum Gasteiger partial charge on any atom is -0.493 e. The van der Waals surface area contributed by atoms with Gasteiger partial charge in [0.15, 0.2) is 0 Å². The normalized spacial score (nSPS) is 11.6. The SMILES string of the molecule is C=C(/C(=C\C=C/C)OCCCC(=O)O)c1cc(-c2ccccc2Cl)n(-c2ccccc2)n1. The Labute approximate surface area is 192 Å². The fraction of sp³-hybridized carbons (Fsp3) is 0.154. The topological polar surface area (TPSA) is 64.3 Å². The summed E-state index contributed by atoms with van der Waals surface area (Å²) in [6.45, 7) is 6.38. The first-order valence-corrected chi connectivity index (χ1v) is 10.7. The first-order chi connectivity index (χ1) is 15.5. The Balaban J connectivity index is 1.99. The summed E-state index contributed by atoms with van der Waals surface area (Å²) < 4.78 is 7.70. The molecular weight excluding hydrogens is 424 g/mol. The standard InChI is InChI=1S/C26H25ClN2O3/c1-3-4-15-25(32-17-10-16-26(30)31)19(2)23-18-24(21-13-8-9-14-22(21)27)29(28-23)20-11-6-5-7-12-20/h3-9,11-15,18H,2,10,16-17H2,1H3,(H,30,31)/b4-3-,25-15+. The maximum Gasteiger partial charge on any atom is 0.303 e. The van der Waals surface area contributed by atoms with E-state index in [1.165, 1.54) is 0 Å². The lowest BCUT2D eigenvalue weighted by Gasteiger charge is -2.11. The molecule has 1 heterocycles. The fourth-order valence-corrected chi connectivity index (χ4v) is 3.34. The maximum absolute atomic E-state index is 10.8. The maximum atomic E-state index is 10.8. The third-order valence-electron chi connectivity index (χ3n) is 4.70. The van der Waals surface area contributed by atoms with E-state index >= 15 is 0 Å². The van der Waals surface area contributed by atoms with E-state index < -0.39 is 5.97 Å². The summed E-state index contributed by atoms with van der Waals surface area (Å²) in [6, 6.07) is 19.3. The van der Waals surface area contributed by atoms with E-state index in [-0.39, 0.29) is 13.0 Å². The number of aromatic nitrogens is 2. The first kappa shape index (κ1) is 23.1. The lowest BCUT2D eigenvalue weighted by atomic mass is 10.1. The van der Waals surface area contributed by atoms with Gasteiger partial charge >= 0.3 is 5.97 Å². The lowest BCUT2D eigenvalue weighted by Crippen LogP contribution is -2.03. The number of halogens is 1. The Morgan fingerprint density at radius 1 is 1.19 bits per heavy atom. The molecule has 0 aliphatic rings.